The Balaban J connectivity index is 2.07. The second-order valence-electron chi connectivity index (χ2n) is 2.23. The van der Waals surface area contributed by atoms with E-state index in [0.29, 0.717) is 13.2 Å². The molecule has 0 saturated carbocycles. The SMILES string of the molecule is OCCOCCSc1ccncn1. The van der Waals surface area contributed by atoms with E-state index in [4.69, 9.17) is 9.84 Å². The third-order valence-corrected chi connectivity index (χ3v) is 2.18. The number of nitrogens with zero attached hydrogens (tertiary/aromatic N) is 2. The van der Waals surface area contributed by atoms with Crippen molar-refractivity contribution in [3.05, 3.63) is 18.6 Å². The summed E-state index contributed by atoms with van der Waals surface area (Å²) in [6, 6.07) is 1.86. The smallest absolute Gasteiger partial charge is 0.116 e. The molecule has 1 rings (SSSR count). The number of aliphatic hydroxyl groups excluding tert-OH is 1. The van der Waals surface area contributed by atoms with Crippen molar-refractivity contribution in [3.8, 4) is 0 Å². The molecule has 0 aliphatic rings. The largest absolute Gasteiger partial charge is 0.394 e. The van der Waals surface area contributed by atoms with Crippen LogP contribution < -0.4 is 0 Å². The second-order valence-corrected chi connectivity index (χ2v) is 3.35. The van der Waals surface area contributed by atoms with Crippen molar-refractivity contribution in [2.45, 2.75) is 5.03 Å². The van der Waals surface area contributed by atoms with E-state index in [9.17, 15) is 0 Å². The molecule has 72 valence electrons. The molecule has 1 N–H and O–H groups in total. The normalized spacial score (nSPS) is 10.2. The zero-order valence-electron chi connectivity index (χ0n) is 7.22. The predicted molar refractivity (Wildman–Crippen MR) is 50.7 cm³/mol. The number of rotatable bonds is 6. The molecule has 1 aromatic rings. The van der Waals surface area contributed by atoms with E-state index in [0.717, 1.165) is 10.8 Å². The molecule has 0 bridgehead atoms. The van der Waals surface area contributed by atoms with E-state index < -0.39 is 0 Å². The van der Waals surface area contributed by atoms with Crippen LogP contribution in [0.3, 0.4) is 0 Å². The van der Waals surface area contributed by atoms with Crippen molar-refractivity contribution in [1.29, 1.82) is 0 Å². The van der Waals surface area contributed by atoms with Crippen molar-refractivity contribution in [1.82, 2.24) is 9.97 Å². The van der Waals surface area contributed by atoms with Crippen molar-refractivity contribution in [3.63, 3.8) is 0 Å². The average Bonchev–Trinajstić information content (AvgIpc) is 2.19. The minimum atomic E-state index is 0.0815. The summed E-state index contributed by atoms with van der Waals surface area (Å²) in [4.78, 5) is 7.86. The summed E-state index contributed by atoms with van der Waals surface area (Å²) in [6.45, 7) is 1.12. The van der Waals surface area contributed by atoms with E-state index in [2.05, 4.69) is 9.97 Å². The minimum Gasteiger partial charge on any atom is -0.394 e. The number of ether oxygens (including phenoxy) is 1. The Bertz CT molecular complexity index is 221. The van der Waals surface area contributed by atoms with Gasteiger partial charge in [0, 0.05) is 11.9 Å². The second kappa shape index (κ2) is 6.82. The molecule has 0 aromatic carbocycles. The van der Waals surface area contributed by atoms with Gasteiger partial charge in [-0.15, -0.1) is 11.8 Å². The topological polar surface area (TPSA) is 55.2 Å². The molecular formula is C8H12N2O2S. The van der Waals surface area contributed by atoms with Crippen molar-refractivity contribution in [2.24, 2.45) is 0 Å². The fourth-order valence-corrected chi connectivity index (χ4v) is 1.42. The molecule has 0 saturated heterocycles. The Morgan fingerprint density at radius 1 is 1.46 bits per heavy atom. The van der Waals surface area contributed by atoms with Gasteiger partial charge >= 0.3 is 0 Å². The van der Waals surface area contributed by atoms with Gasteiger partial charge in [0.1, 0.15) is 6.33 Å². The summed E-state index contributed by atoms with van der Waals surface area (Å²) in [5, 5.41) is 9.38. The molecule has 0 aliphatic heterocycles. The summed E-state index contributed by atoms with van der Waals surface area (Å²) in [6.07, 6.45) is 3.24. The van der Waals surface area contributed by atoms with Crippen LogP contribution in [0, 0.1) is 0 Å². The molecule has 0 fully saturated rings. The van der Waals surface area contributed by atoms with Gasteiger partial charge in [-0.3, -0.25) is 0 Å². The lowest BCUT2D eigenvalue weighted by Gasteiger charge is -2.00. The molecule has 0 unspecified atom stereocenters. The van der Waals surface area contributed by atoms with Crippen molar-refractivity contribution < 1.29 is 9.84 Å². The molecule has 0 radical (unpaired) electrons. The molecular weight excluding hydrogens is 188 g/mol. The van der Waals surface area contributed by atoms with Crippen LogP contribution in [0.5, 0.6) is 0 Å². The Labute approximate surface area is 81.4 Å². The van der Waals surface area contributed by atoms with Crippen LogP contribution in [0.15, 0.2) is 23.6 Å². The van der Waals surface area contributed by atoms with Crippen LogP contribution in [0.4, 0.5) is 0 Å². The predicted octanol–water partition coefficient (Wildman–Crippen LogP) is 0.578. The summed E-state index contributed by atoms with van der Waals surface area (Å²) in [7, 11) is 0. The van der Waals surface area contributed by atoms with Gasteiger partial charge in [-0.05, 0) is 6.07 Å². The van der Waals surface area contributed by atoms with Crippen LogP contribution in [0.2, 0.25) is 0 Å². The molecule has 1 aromatic heterocycles. The third-order valence-electron chi connectivity index (χ3n) is 1.27. The van der Waals surface area contributed by atoms with Gasteiger partial charge in [0.05, 0.1) is 24.8 Å². The minimum absolute atomic E-state index is 0.0815. The van der Waals surface area contributed by atoms with Crippen molar-refractivity contribution in [2.75, 3.05) is 25.6 Å². The molecule has 0 spiro atoms. The summed E-state index contributed by atoms with van der Waals surface area (Å²) in [5.41, 5.74) is 0. The number of hydrogen-bond donors (Lipinski definition) is 1. The maximum atomic E-state index is 8.43. The van der Waals surface area contributed by atoms with E-state index in [1.54, 1.807) is 18.0 Å². The van der Waals surface area contributed by atoms with E-state index in [1.807, 2.05) is 6.07 Å². The van der Waals surface area contributed by atoms with Crippen LogP contribution in [-0.2, 0) is 4.74 Å². The van der Waals surface area contributed by atoms with E-state index in [1.165, 1.54) is 6.33 Å². The standard InChI is InChI=1S/C8H12N2O2S/c11-3-4-12-5-6-13-8-1-2-9-7-10-8/h1-2,7,11H,3-6H2. The number of hydrogen-bond acceptors (Lipinski definition) is 5. The molecule has 4 nitrogen and oxygen atoms in total. The first-order valence-corrected chi connectivity index (χ1v) is 4.99. The van der Waals surface area contributed by atoms with Gasteiger partial charge < -0.3 is 9.84 Å². The van der Waals surface area contributed by atoms with Gasteiger partial charge in [0.2, 0.25) is 0 Å². The Hall–Kier alpha value is -0.650. The Morgan fingerprint density at radius 2 is 2.38 bits per heavy atom. The highest BCUT2D eigenvalue weighted by atomic mass is 32.2. The number of thioether (sulfide) groups is 1. The first kappa shape index (κ1) is 10.4. The van der Waals surface area contributed by atoms with Gasteiger partial charge in [0.25, 0.3) is 0 Å². The highest BCUT2D eigenvalue weighted by molar-refractivity contribution is 7.99. The lowest BCUT2D eigenvalue weighted by molar-refractivity contribution is 0.103. The summed E-state index contributed by atoms with van der Waals surface area (Å²) >= 11 is 1.61. The highest BCUT2D eigenvalue weighted by Gasteiger charge is 1.93. The quantitative estimate of drug-likeness (QED) is 0.413. The number of aromatic nitrogens is 2. The van der Waals surface area contributed by atoms with Gasteiger partial charge in [-0.1, -0.05) is 0 Å². The molecule has 13 heavy (non-hydrogen) atoms. The molecule has 0 atom stereocenters. The molecule has 5 heteroatoms. The van der Waals surface area contributed by atoms with Crippen LogP contribution in [0.25, 0.3) is 0 Å². The van der Waals surface area contributed by atoms with Crippen LogP contribution >= 0.6 is 11.8 Å². The summed E-state index contributed by atoms with van der Waals surface area (Å²) < 4.78 is 5.09. The van der Waals surface area contributed by atoms with Crippen LogP contribution in [0.1, 0.15) is 0 Å². The summed E-state index contributed by atoms with van der Waals surface area (Å²) in [5.74, 6) is 0.844. The van der Waals surface area contributed by atoms with E-state index >= 15 is 0 Å². The Kier molecular flexibility index (Phi) is 5.47. The Morgan fingerprint density at radius 3 is 3.08 bits per heavy atom. The molecule has 1 heterocycles. The number of aliphatic hydroxyl groups is 1. The average molecular weight is 200 g/mol. The first-order chi connectivity index (χ1) is 6.43. The lowest BCUT2D eigenvalue weighted by Crippen LogP contribution is -2.02. The fraction of sp³-hybridized carbons (Fsp3) is 0.500. The maximum absolute atomic E-state index is 8.43. The fourth-order valence-electron chi connectivity index (χ4n) is 0.736. The first-order valence-electron chi connectivity index (χ1n) is 4.01. The highest BCUT2D eigenvalue weighted by Crippen LogP contribution is 2.12. The lowest BCUT2D eigenvalue weighted by atomic mass is 10.7. The zero-order chi connectivity index (χ0) is 9.36. The van der Waals surface area contributed by atoms with E-state index in [-0.39, 0.29) is 6.61 Å². The van der Waals surface area contributed by atoms with Crippen LogP contribution in [-0.4, -0.2) is 40.6 Å². The van der Waals surface area contributed by atoms with Gasteiger partial charge in [0.15, 0.2) is 0 Å². The zero-order valence-corrected chi connectivity index (χ0v) is 8.04. The molecule has 0 aliphatic carbocycles. The van der Waals surface area contributed by atoms with Gasteiger partial charge in [-0.2, -0.15) is 0 Å². The monoisotopic (exact) mass is 200 g/mol. The third kappa shape index (κ3) is 4.82. The van der Waals surface area contributed by atoms with Crippen molar-refractivity contribution >= 4 is 11.8 Å². The molecule has 0 amide bonds. The maximum Gasteiger partial charge on any atom is 0.116 e. The van der Waals surface area contributed by atoms with Gasteiger partial charge in [-0.25, -0.2) is 9.97 Å².